The van der Waals surface area contributed by atoms with Crippen LogP contribution in [0.1, 0.15) is 12.5 Å². The van der Waals surface area contributed by atoms with E-state index in [4.69, 9.17) is 5.11 Å². The van der Waals surface area contributed by atoms with Crippen LogP contribution in [0.4, 0.5) is 5.69 Å². The van der Waals surface area contributed by atoms with Crippen LogP contribution in [0.15, 0.2) is 65.1 Å². The summed E-state index contributed by atoms with van der Waals surface area (Å²) in [5, 5.41) is 8.94. The van der Waals surface area contributed by atoms with Crippen LogP contribution in [0.25, 0.3) is 6.08 Å². The van der Waals surface area contributed by atoms with Gasteiger partial charge >= 0.3 is 5.97 Å². The summed E-state index contributed by atoms with van der Waals surface area (Å²) in [6.45, 7) is 1.45. The molecule has 2 N–H and O–H groups in total. The van der Waals surface area contributed by atoms with Gasteiger partial charge in [0.2, 0.25) is 0 Å². The average molecular weight is 317 g/mol. The summed E-state index contributed by atoms with van der Waals surface area (Å²) in [6.07, 6.45) is 1.42. The Bertz CT molecular complexity index is 811. The number of nitrogens with one attached hydrogen (secondary N) is 1. The van der Waals surface area contributed by atoms with Crippen LogP contribution in [0.5, 0.6) is 0 Å². The second kappa shape index (κ2) is 6.44. The van der Waals surface area contributed by atoms with Crippen molar-refractivity contribution in [3.8, 4) is 0 Å². The van der Waals surface area contributed by atoms with E-state index in [1.165, 1.54) is 25.1 Å². The van der Waals surface area contributed by atoms with Crippen molar-refractivity contribution in [3.05, 3.63) is 65.7 Å². The highest BCUT2D eigenvalue weighted by Crippen LogP contribution is 2.22. The number of carboxylic acids is 1. The maximum atomic E-state index is 12.3. The standard InChI is InChI=1S/C16H15NO4S/c1-12(16(18)19)11-13-7-5-6-10-15(13)17-22(20,21)14-8-3-2-4-9-14/h2-11,17H,1H3,(H,18,19). The van der Waals surface area contributed by atoms with Gasteiger partial charge in [0, 0.05) is 5.57 Å². The van der Waals surface area contributed by atoms with E-state index in [0.717, 1.165) is 0 Å². The number of rotatable bonds is 5. The molecule has 114 valence electrons. The lowest BCUT2D eigenvalue weighted by molar-refractivity contribution is -0.132. The van der Waals surface area contributed by atoms with Crippen molar-refractivity contribution in [2.24, 2.45) is 0 Å². The molecule has 2 aromatic rings. The zero-order valence-electron chi connectivity index (χ0n) is 11.9. The summed E-state index contributed by atoms with van der Waals surface area (Å²) in [4.78, 5) is 11.1. The number of carbonyl (C=O) groups is 1. The molecule has 0 radical (unpaired) electrons. The molecule has 0 atom stereocenters. The smallest absolute Gasteiger partial charge is 0.331 e. The summed E-state index contributed by atoms with van der Waals surface area (Å²) >= 11 is 0. The first kappa shape index (κ1) is 15.8. The van der Waals surface area contributed by atoms with Crippen molar-refractivity contribution in [1.29, 1.82) is 0 Å². The fraction of sp³-hybridized carbons (Fsp3) is 0.0625. The Kier molecular flexibility index (Phi) is 4.62. The Labute approximate surface area is 129 Å². The molecule has 2 aromatic carbocycles. The van der Waals surface area contributed by atoms with Crippen LogP contribution >= 0.6 is 0 Å². The summed E-state index contributed by atoms with van der Waals surface area (Å²) in [5.41, 5.74) is 0.931. The third-order valence-electron chi connectivity index (χ3n) is 2.97. The van der Waals surface area contributed by atoms with Crippen LogP contribution in [0, 0.1) is 0 Å². The second-order valence-corrected chi connectivity index (χ2v) is 6.32. The van der Waals surface area contributed by atoms with Crippen LogP contribution in [-0.4, -0.2) is 19.5 Å². The maximum Gasteiger partial charge on any atom is 0.331 e. The molecular weight excluding hydrogens is 302 g/mol. The van der Waals surface area contributed by atoms with Gasteiger partial charge in [-0.3, -0.25) is 4.72 Å². The van der Waals surface area contributed by atoms with Gasteiger partial charge in [-0.2, -0.15) is 0 Å². The van der Waals surface area contributed by atoms with E-state index in [1.807, 2.05) is 0 Å². The van der Waals surface area contributed by atoms with Gasteiger partial charge in [-0.05, 0) is 36.8 Å². The van der Waals surface area contributed by atoms with Crippen LogP contribution in [0.2, 0.25) is 0 Å². The molecule has 0 amide bonds. The second-order valence-electron chi connectivity index (χ2n) is 4.64. The zero-order chi connectivity index (χ0) is 16.2. The summed E-state index contributed by atoms with van der Waals surface area (Å²) in [5.74, 6) is -1.05. The van der Waals surface area contributed by atoms with Gasteiger partial charge in [-0.15, -0.1) is 0 Å². The van der Waals surface area contributed by atoms with Gasteiger partial charge in [0.25, 0.3) is 10.0 Å². The van der Waals surface area contributed by atoms with E-state index in [9.17, 15) is 13.2 Å². The topological polar surface area (TPSA) is 83.5 Å². The van der Waals surface area contributed by atoms with Gasteiger partial charge in [0.1, 0.15) is 0 Å². The lowest BCUT2D eigenvalue weighted by atomic mass is 10.1. The van der Waals surface area contributed by atoms with Crippen molar-refractivity contribution >= 4 is 27.8 Å². The third kappa shape index (κ3) is 3.73. The highest BCUT2D eigenvalue weighted by atomic mass is 32.2. The number of para-hydroxylation sites is 1. The first-order valence-electron chi connectivity index (χ1n) is 6.48. The molecule has 0 saturated carbocycles. The van der Waals surface area contributed by atoms with Crippen LogP contribution in [-0.2, 0) is 14.8 Å². The molecule has 2 rings (SSSR count). The number of anilines is 1. The summed E-state index contributed by atoms with van der Waals surface area (Å²) in [7, 11) is -3.72. The molecule has 22 heavy (non-hydrogen) atoms. The minimum absolute atomic E-state index is 0.117. The number of sulfonamides is 1. The minimum atomic E-state index is -3.72. The summed E-state index contributed by atoms with van der Waals surface area (Å²) < 4.78 is 27.1. The SMILES string of the molecule is CC(=Cc1ccccc1NS(=O)(=O)c1ccccc1)C(=O)O. The lowest BCUT2D eigenvalue weighted by Crippen LogP contribution is -2.13. The zero-order valence-corrected chi connectivity index (χ0v) is 12.7. The van der Waals surface area contributed by atoms with Crippen molar-refractivity contribution in [1.82, 2.24) is 0 Å². The van der Waals surface area contributed by atoms with Crippen molar-refractivity contribution in [2.45, 2.75) is 11.8 Å². The van der Waals surface area contributed by atoms with Crippen LogP contribution < -0.4 is 4.72 Å². The normalized spacial score (nSPS) is 12.0. The molecule has 0 aromatic heterocycles. The highest BCUT2D eigenvalue weighted by molar-refractivity contribution is 7.92. The molecule has 0 spiro atoms. The first-order chi connectivity index (χ1) is 10.4. The fourth-order valence-corrected chi connectivity index (χ4v) is 2.92. The van der Waals surface area contributed by atoms with Gasteiger partial charge in [0.15, 0.2) is 0 Å². The molecule has 0 bridgehead atoms. The predicted octanol–water partition coefficient (Wildman–Crippen LogP) is 2.98. The number of hydrogen-bond donors (Lipinski definition) is 2. The lowest BCUT2D eigenvalue weighted by Gasteiger charge is -2.11. The van der Waals surface area contributed by atoms with E-state index in [0.29, 0.717) is 11.3 Å². The largest absolute Gasteiger partial charge is 0.478 e. The molecule has 0 aliphatic carbocycles. The molecule has 0 fully saturated rings. The Morgan fingerprint density at radius 1 is 1.05 bits per heavy atom. The molecular formula is C16H15NO4S. The summed E-state index contributed by atoms with van der Waals surface area (Å²) in [6, 6.07) is 14.6. The molecule has 0 saturated heterocycles. The predicted molar refractivity (Wildman–Crippen MR) is 85.0 cm³/mol. The van der Waals surface area contributed by atoms with E-state index in [2.05, 4.69) is 4.72 Å². The van der Waals surface area contributed by atoms with E-state index >= 15 is 0 Å². The van der Waals surface area contributed by atoms with Gasteiger partial charge in [0.05, 0.1) is 10.6 Å². The highest BCUT2D eigenvalue weighted by Gasteiger charge is 2.15. The third-order valence-corrected chi connectivity index (χ3v) is 4.35. The Morgan fingerprint density at radius 2 is 1.64 bits per heavy atom. The monoisotopic (exact) mass is 317 g/mol. The molecule has 0 aliphatic heterocycles. The first-order valence-corrected chi connectivity index (χ1v) is 7.97. The molecule has 5 nitrogen and oxygen atoms in total. The average Bonchev–Trinajstić information content (AvgIpc) is 2.49. The number of aliphatic carboxylic acids is 1. The minimum Gasteiger partial charge on any atom is -0.478 e. The van der Waals surface area contributed by atoms with Crippen molar-refractivity contribution in [3.63, 3.8) is 0 Å². The Morgan fingerprint density at radius 3 is 2.27 bits per heavy atom. The van der Waals surface area contributed by atoms with E-state index in [-0.39, 0.29) is 10.5 Å². The number of benzene rings is 2. The molecule has 6 heteroatoms. The Balaban J connectivity index is 2.39. The quantitative estimate of drug-likeness (QED) is 0.830. The Hall–Kier alpha value is -2.60. The van der Waals surface area contributed by atoms with E-state index in [1.54, 1.807) is 42.5 Å². The van der Waals surface area contributed by atoms with Gasteiger partial charge < -0.3 is 5.11 Å². The molecule has 0 aliphatic rings. The van der Waals surface area contributed by atoms with Gasteiger partial charge in [-0.1, -0.05) is 36.4 Å². The van der Waals surface area contributed by atoms with Crippen LogP contribution in [0.3, 0.4) is 0 Å². The number of carboxylic acid groups (broad SMARTS) is 1. The van der Waals surface area contributed by atoms with Crippen molar-refractivity contribution in [2.75, 3.05) is 4.72 Å². The molecule has 0 unspecified atom stereocenters. The maximum absolute atomic E-state index is 12.3. The fourth-order valence-electron chi connectivity index (χ4n) is 1.81. The number of hydrogen-bond acceptors (Lipinski definition) is 3. The van der Waals surface area contributed by atoms with Crippen molar-refractivity contribution < 1.29 is 18.3 Å². The van der Waals surface area contributed by atoms with E-state index < -0.39 is 16.0 Å². The van der Waals surface area contributed by atoms with Gasteiger partial charge in [-0.25, -0.2) is 13.2 Å². The molecule has 0 heterocycles.